The zero-order chi connectivity index (χ0) is 12.1. The monoisotopic (exact) mass is 245 g/mol. The maximum atomic E-state index is 10.5. The van der Waals surface area contributed by atoms with Crippen LogP contribution >= 0.6 is 11.6 Å². The van der Waals surface area contributed by atoms with Crippen molar-refractivity contribution in [2.45, 2.75) is 26.8 Å². The molecule has 0 aromatic carbocycles. The first-order chi connectivity index (χ1) is 7.56. The minimum atomic E-state index is -0.917. The van der Waals surface area contributed by atoms with E-state index in [0.29, 0.717) is 17.5 Å². The normalized spacial score (nSPS) is 11.0. The minimum absolute atomic E-state index is 0.127. The van der Waals surface area contributed by atoms with E-state index in [1.54, 1.807) is 6.07 Å². The van der Waals surface area contributed by atoms with Gasteiger partial charge in [0.2, 0.25) is 0 Å². The maximum Gasteiger partial charge on any atom is 0.311 e. The van der Waals surface area contributed by atoms with Gasteiger partial charge in [0.1, 0.15) is 12.2 Å². The van der Waals surface area contributed by atoms with Crippen molar-refractivity contribution in [3.8, 4) is 0 Å². The van der Waals surface area contributed by atoms with Crippen LogP contribution in [-0.2, 0) is 17.8 Å². The number of furan rings is 1. The molecular weight excluding hydrogens is 230 g/mol. The molecule has 5 heteroatoms. The van der Waals surface area contributed by atoms with Crippen LogP contribution in [-0.4, -0.2) is 29.1 Å². The van der Waals surface area contributed by atoms with Crippen molar-refractivity contribution >= 4 is 17.6 Å². The number of nitrogens with zero attached hydrogens (tertiary/aromatic N) is 1. The highest BCUT2D eigenvalue weighted by molar-refractivity contribution is 6.29. The lowest BCUT2D eigenvalue weighted by Crippen LogP contribution is -2.21. The Morgan fingerprint density at radius 1 is 1.50 bits per heavy atom. The van der Waals surface area contributed by atoms with Crippen LogP contribution in [0.15, 0.2) is 10.5 Å². The highest BCUT2D eigenvalue weighted by Crippen LogP contribution is 2.22. The summed E-state index contributed by atoms with van der Waals surface area (Å²) in [6.45, 7) is 6.67. The first kappa shape index (κ1) is 13.1. The van der Waals surface area contributed by atoms with E-state index in [1.165, 1.54) is 0 Å². The molecule has 0 aliphatic rings. The molecule has 0 aliphatic carbocycles. The fourth-order valence-electron chi connectivity index (χ4n) is 1.49. The summed E-state index contributed by atoms with van der Waals surface area (Å²) in [6, 6.07) is 1.72. The summed E-state index contributed by atoms with van der Waals surface area (Å²) in [6.07, 6.45) is -0.127. The highest BCUT2D eigenvalue weighted by Gasteiger charge is 2.13. The van der Waals surface area contributed by atoms with Gasteiger partial charge in [-0.3, -0.25) is 9.69 Å². The van der Waals surface area contributed by atoms with E-state index >= 15 is 0 Å². The molecule has 0 saturated carbocycles. The third-order valence-corrected chi connectivity index (χ3v) is 2.74. The molecule has 4 nitrogen and oxygen atoms in total. The van der Waals surface area contributed by atoms with Crippen LogP contribution in [0.2, 0.25) is 5.22 Å². The van der Waals surface area contributed by atoms with Crippen molar-refractivity contribution in [3.63, 3.8) is 0 Å². The number of halogens is 1. The van der Waals surface area contributed by atoms with Crippen LogP contribution in [0, 0.1) is 0 Å². The molecule has 0 bridgehead atoms. The van der Waals surface area contributed by atoms with Crippen LogP contribution in [0.4, 0.5) is 0 Å². The Bertz CT molecular complexity index is 358. The number of hydrogen-bond donors (Lipinski definition) is 1. The van der Waals surface area contributed by atoms with Gasteiger partial charge in [0.25, 0.3) is 0 Å². The van der Waals surface area contributed by atoms with Crippen molar-refractivity contribution in [3.05, 3.63) is 22.6 Å². The Balaban J connectivity index is 2.73. The van der Waals surface area contributed by atoms with E-state index in [0.717, 1.165) is 18.7 Å². The molecule has 1 N–H and O–H groups in total. The Morgan fingerprint density at radius 3 is 2.62 bits per heavy atom. The number of carboxylic acids is 1. The molecule has 0 spiro atoms. The van der Waals surface area contributed by atoms with Crippen molar-refractivity contribution in [2.24, 2.45) is 0 Å². The van der Waals surface area contributed by atoms with Gasteiger partial charge in [0.05, 0.1) is 0 Å². The lowest BCUT2D eigenvalue weighted by molar-refractivity contribution is -0.136. The van der Waals surface area contributed by atoms with Crippen molar-refractivity contribution < 1.29 is 14.3 Å². The van der Waals surface area contributed by atoms with Gasteiger partial charge in [-0.05, 0) is 30.8 Å². The van der Waals surface area contributed by atoms with Crippen molar-refractivity contribution in [2.75, 3.05) is 13.1 Å². The van der Waals surface area contributed by atoms with Gasteiger partial charge >= 0.3 is 5.97 Å². The predicted molar refractivity (Wildman–Crippen MR) is 61.7 cm³/mol. The standard InChI is InChI=1S/C11H16ClNO3/c1-3-13(4-2)7-8-5-9(6-10(14)15)16-11(8)12/h5H,3-4,6-7H2,1-2H3,(H,14,15). The third-order valence-electron chi connectivity index (χ3n) is 2.42. The first-order valence-corrected chi connectivity index (χ1v) is 5.65. The summed E-state index contributed by atoms with van der Waals surface area (Å²) >= 11 is 5.90. The molecule has 1 aromatic heterocycles. The second-order valence-corrected chi connectivity index (χ2v) is 3.89. The number of carboxylic acid groups (broad SMARTS) is 1. The van der Waals surface area contributed by atoms with Crippen molar-refractivity contribution in [1.29, 1.82) is 0 Å². The zero-order valence-electron chi connectivity index (χ0n) is 9.49. The zero-order valence-corrected chi connectivity index (χ0v) is 10.3. The molecule has 1 rings (SSSR count). The summed E-state index contributed by atoms with van der Waals surface area (Å²) in [5.74, 6) is -0.514. The molecule has 0 atom stereocenters. The van der Waals surface area contributed by atoms with Crippen LogP contribution in [0.25, 0.3) is 0 Å². The van der Waals surface area contributed by atoms with Crippen molar-refractivity contribution in [1.82, 2.24) is 4.90 Å². The van der Waals surface area contributed by atoms with Gasteiger partial charge in [-0.25, -0.2) is 0 Å². The highest BCUT2D eigenvalue weighted by atomic mass is 35.5. The van der Waals surface area contributed by atoms with Gasteiger partial charge < -0.3 is 9.52 Å². The van der Waals surface area contributed by atoms with E-state index < -0.39 is 5.97 Å². The molecule has 0 amide bonds. The Labute approximate surface area is 99.8 Å². The second-order valence-electron chi connectivity index (χ2n) is 3.54. The van der Waals surface area contributed by atoms with Crippen LogP contribution in [0.1, 0.15) is 25.2 Å². The van der Waals surface area contributed by atoms with E-state index in [1.807, 2.05) is 0 Å². The van der Waals surface area contributed by atoms with Gasteiger partial charge in [-0.1, -0.05) is 13.8 Å². The maximum absolute atomic E-state index is 10.5. The second kappa shape index (κ2) is 5.92. The topological polar surface area (TPSA) is 53.7 Å². The third kappa shape index (κ3) is 3.54. The predicted octanol–water partition coefficient (Wildman–Crippen LogP) is 2.40. The average molecular weight is 246 g/mol. The first-order valence-electron chi connectivity index (χ1n) is 5.28. The minimum Gasteiger partial charge on any atom is -0.481 e. The SMILES string of the molecule is CCN(CC)Cc1cc(CC(=O)O)oc1Cl. The Morgan fingerprint density at radius 2 is 2.12 bits per heavy atom. The van der Waals surface area contributed by atoms with E-state index in [9.17, 15) is 4.79 Å². The molecule has 1 aromatic rings. The van der Waals surface area contributed by atoms with Crippen LogP contribution in [0.5, 0.6) is 0 Å². The number of carbonyl (C=O) groups is 1. The largest absolute Gasteiger partial charge is 0.481 e. The molecule has 16 heavy (non-hydrogen) atoms. The lowest BCUT2D eigenvalue weighted by Gasteiger charge is -2.16. The van der Waals surface area contributed by atoms with Crippen LogP contribution in [0.3, 0.4) is 0 Å². The molecule has 0 radical (unpaired) electrons. The summed E-state index contributed by atoms with van der Waals surface area (Å²) in [5, 5.41) is 8.92. The summed E-state index contributed by atoms with van der Waals surface area (Å²) < 4.78 is 5.17. The molecule has 0 aliphatic heterocycles. The molecular formula is C11H16ClNO3. The van der Waals surface area contributed by atoms with Gasteiger partial charge in [-0.15, -0.1) is 0 Å². The molecule has 1 heterocycles. The summed E-state index contributed by atoms with van der Waals surface area (Å²) in [5.41, 5.74) is 0.849. The van der Waals surface area contributed by atoms with Gasteiger partial charge in [-0.2, -0.15) is 0 Å². The molecule has 0 saturated heterocycles. The lowest BCUT2D eigenvalue weighted by atomic mass is 10.2. The fraction of sp³-hybridized carbons (Fsp3) is 0.545. The number of aliphatic carboxylic acids is 1. The Kier molecular flexibility index (Phi) is 4.83. The number of hydrogen-bond acceptors (Lipinski definition) is 3. The average Bonchev–Trinajstić information content (AvgIpc) is 2.54. The Hall–Kier alpha value is -1.00. The number of rotatable bonds is 6. The van der Waals surface area contributed by atoms with Crippen LogP contribution < -0.4 is 0 Å². The van der Waals surface area contributed by atoms with Gasteiger partial charge in [0.15, 0.2) is 5.22 Å². The fourth-order valence-corrected chi connectivity index (χ4v) is 1.71. The van der Waals surface area contributed by atoms with E-state index in [4.69, 9.17) is 21.1 Å². The van der Waals surface area contributed by atoms with E-state index in [2.05, 4.69) is 18.7 Å². The summed E-state index contributed by atoms with van der Waals surface area (Å²) in [7, 11) is 0. The van der Waals surface area contributed by atoms with E-state index in [-0.39, 0.29) is 6.42 Å². The molecule has 0 fully saturated rings. The van der Waals surface area contributed by atoms with Gasteiger partial charge in [0, 0.05) is 12.1 Å². The summed E-state index contributed by atoms with van der Waals surface area (Å²) in [4.78, 5) is 12.7. The smallest absolute Gasteiger partial charge is 0.311 e. The molecule has 90 valence electrons. The molecule has 0 unspecified atom stereocenters. The quantitative estimate of drug-likeness (QED) is 0.836.